The van der Waals surface area contributed by atoms with E-state index in [1.54, 1.807) is 18.1 Å². The number of rotatable bonds is 5. The second-order valence-electron chi connectivity index (χ2n) is 7.54. The number of carbonyl (C=O) groups excluding carboxylic acids is 1. The van der Waals surface area contributed by atoms with Gasteiger partial charge in [0, 0.05) is 21.3 Å². The molecule has 1 aliphatic heterocycles. The molecule has 4 nitrogen and oxygen atoms in total. The van der Waals surface area contributed by atoms with Crippen LogP contribution < -0.4 is 9.64 Å². The number of hydrogen-bond donors (Lipinski definition) is 0. The summed E-state index contributed by atoms with van der Waals surface area (Å²) in [5, 5.41) is 0. The average Bonchev–Trinajstić information content (AvgIpc) is 3.45. The first kappa shape index (κ1) is 21.0. The van der Waals surface area contributed by atoms with Gasteiger partial charge in [-0.15, -0.1) is 0 Å². The van der Waals surface area contributed by atoms with Gasteiger partial charge in [-0.3, -0.25) is 9.69 Å². The van der Waals surface area contributed by atoms with Crippen LogP contribution in [0.4, 0.5) is 5.69 Å². The Hall–Kier alpha value is -3.83. The van der Waals surface area contributed by atoms with Gasteiger partial charge < -0.3 is 9.15 Å². The highest BCUT2D eigenvalue weighted by Crippen LogP contribution is 2.36. The maximum atomic E-state index is 13.5. The van der Waals surface area contributed by atoms with E-state index >= 15 is 0 Å². The van der Waals surface area contributed by atoms with Crippen LogP contribution >= 0.6 is 15.9 Å². The summed E-state index contributed by atoms with van der Waals surface area (Å²) in [5.74, 6) is 2.00. The molecule has 0 N–H and O–H groups in total. The zero-order chi connectivity index (χ0) is 22.8. The number of amides is 1. The van der Waals surface area contributed by atoms with Crippen molar-refractivity contribution in [1.82, 2.24) is 0 Å². The molecule has 0 spiro atoms. The summed E-state index contributed by atoms with van der Waals surface area (Å²) in [6.07, 6.45) is 3.70. The summed E-state index contributed by atoms with van der Waals surface area (Å²) < 4.78 is 12.3. The maximum Gasteiger partial charge on any atom is 0.263 e. The topological polar surface area (TPSA) is 42.7 Å². The highest BCUT2D eigenvalue weighted by Gasteiger charge is 2.30. The predicted molar refractivity (Wildman–Crippen MR) is 135 cm³/mol. The van der Waals surface area contributed by atoms with Gasteiger partial charge in [-0.2, -0.15) is 0 Å². The van der Waals surface area contributed by atoms with Gasteiger partial charge >= 0.3 is 0 Å². The van der Waals surface area contributed by atoms with E-state index in [0.717, 1.165) is 38.5 Å². The summed E-state index contributed by atoms with van der Waals surface area (Å²) in [6, 6.07) is 29.1. The van der Waals surface area contributed by atoms with Gasteiger partial charge in [-0.05, 0) is 66.2 Å². The minimum absolute atomic E-state index is 0.111. The highest BCUT2D eigenvalue weighted by atomic mass is 79.9. The van der Waals surface area contributed by atoms with Crippen molar-refractivity contribution >= 4 is 39.3 Å². The van der Waals surface area contributed by atoms with Crippen molar-refractivity contribution in [2.45, 2.75) is 0 Å². The fourth-order valence-corrected chi connectivity index (χ4v) is 4.04. The van der Waals surface area contributed by atoms with E-state index in [4.69, 9.17) is 9.15 Å². The molecule has 2 heterocycles. The maximum absolute atomic E-state index is 13.5. The van der Waals surface area contributed by atoms with Gasteiger partial charge in [0.15, 0.2) is 0 Å². The van der Waals surface area contributed by atoms with Gasteiger partial charge in [-0.1, -0.05) is 58.4 Å². The van der Waals surface area contributed by atoms with Crippen molar-refractivity contribution in [2.24, 2.45) is 0 Å². The van der Waals surface area contributed by atoms with E-state index in [1.165, 1.54) is 0 Å². The van der Waals surface area contributed by atoms with E-state index in [0.29, 0.717) is 11.3 Å². The van der Waals surface area contributed by atoms with Crippen LogP contribution in [0, 0.1) is 0 Å². The lowest BCUT2D eigenvalue weighted by atomic mass is 10.1. The highest BCUT2D eigenvalue weighted by molar-refractivity contribution is 9.10. The second kappa shape index (κ2) is 8.96. The van der Waals surface area contributed by atoms with Crippen LogP contribution in [0.15, 0.2) is 112 Å². The van der Waals surface area contributed by atoms with Crippen LogP contribution in [0.3, 0.4) is 0 Å². The zero-order valence-electron chi connectivity index (χ0n) is 17.9. The number of methoxy groups -OCH3 is 1. The molecule has 162 valence electrons. The molecule has 5 heteroatoms. The molecular weight excluding hydrogens is 478 g/mol. The molecule has 0 bridgehead atoms. The SMILES string of the molecule is COc1ccc(N2C(=O)/C(=C\c3ccc(-c4ccc(Br)cc4)o3)C=C2c2ccccc2)cc1. The largest absolute Gasteiger partial charge is 0.497 e. The van der Waals surface area contributed by atoms with Gasteiger partial charge in [-0.25, -0.2) is 0 Å². The van der Waals surface area contributed by atoms with Crippen molar-refractivity contribution in [1.29, 1.82) is 0 Å². The molecule has 1 aliphatic rings. The third-order valence-electron chi connectivity index (χ3n) is 5.44. The van der Waals surface area contributed by atoms with Crippen molar-refractivity contribution < 1.29 is 13.9 Å². The first-order valence-corrected chi connectivity index (χ1v) is 11.2. The molecular formula is C28H20BrNO3. The number of carbonyl (C=O) groups is 1. The Morgan fingerprint density at radius 2 is 1.58 bits per heavy atom. The van der Waals surface area contributed by atoms with Crippen LogP contribution in [0.1, 0.15) is 11.3 Å². The minimum atomic E-state index is -0.111. The van der Waals surface area contributed by atoms with Gasteiger partial charge in [0.25, 0.3) is 5.91 Å². The Kier molecular flexibility index (Phi) is 5.71. The molecule has 0 unspecified atom stereocenters. The molecule has 33 heavy (non-hydrogen) atoms. The number of hydrogen-bond acceptors (Lipinski definition) is 3. The molecule has 0 aliphatic carbocycles. The van der Waals surface area contributed by atoms with Crippen LogP contribution in [-0.2, 0) is 4.79 Å². The summed E-state index contributed by atoms with van der Waals surface area (Å²) in [6.45, 7) is 0. The standard InChI is InChI=1S/C28H20BrNO3/c1-32-24-13-11-23(12-14-24)30-26(19-5-3-2-4-6-19)18-21(28(30)31)17-25-15-16-27(33-25)20-7-9-22(29)10-8-20/h2-18H,1H3/b21-17-. The van der Waals surface area contributed by atoms with E-state index in [2.05, 4.69) is 15.9 Å². The number of ether oxygens (including phenoxy) is 1. The summed E-state index contributed by atoms with van der Waals surface area (Å²) in [5.41, 5.74) is 4.08. The first-order chi connectivity index (χ1) is 16.1. The number of anilines is 1. The molecule has 1 amide bonds. The van der Waals surface area contributed by atoms with Gasteiger partial charge in [0.05, 0.1) is 12.8 Å². The fraction of sp³-hybridized carbons (Fsp3) is 0.0357. The number of furan rings is 1. The Morgan fingerprint density at radius 3 is 2.27 bits per heavy atom. The molecule has 0 atom stereocenters. The van der Waals surface area contributed by atoms with E-state index in [1.807, 2.05) is 97.1 Å². The number of benzene rings is 3. The molecule has 0 radical (unpaired) electrons. The third-order valence-corrected chi connectivity index (χ3v) is 5.97. The Morgan fingerprint density at radius 1 is 0.848 bits per heavy atom. The fourth-order valence-electron chi connectivity index (χ4n) is 3.78. The van der Waals surface area contributed by atoms with Crippen molar-refractivity contribution in [3.8, 4) is 17.1 Å². The lowest BCUT2D eigenvalue weighted by Crippen LogP contribution is -2.24. The molecule has 3 aromatic carbocycles. The smallest absolute Gasteiger partial charge is 0.263 e. The summed E-state index contributed by atoms with van der Waals surface area (Å²) in [7, 11) is 1.62. The normalized spacial score (nSPS) is 14.6. The Labute approximate surface area is 200 Å². The predicted octanol–water partition coefficient (Wildman–Crippen LogP) is 7.19. The lowest BCUT2D eigenvalue weighted by molar-refractivity contribution is -0.113. The third kappa shape index (κ3) is 4.28. The second-order valence-corrected chi connectivity index (χ2v) is 8.46. The lowest BCUT2D eigenvalue weighted by Gasteiger charge is -2.21. The Bertz CT molecular complexity index is 1350. The van der Waals surface area contributed by atoms with Gasteiger partial charge in [0.2, 0.25) is 0 Å². The average molecular weight is 498 g/mol. The van der Waals surface area contributed by atoms with Crippen LogP contribution in [0.2, 0.25) is 0 Å². The van der Waals surface area contributed by atoms with Gasteiger partial charge in [0.1, 0.15) is 17.3 Å². The molecule has 0 saturated carbocycles. The first-order valence-electron chi connectivity index (χ1n) is 10.5. The molecule has 0 saturated heterocycles. The summed E-state index contributed by atoms with van der Waals surface area (Å²) in [4.78, 5) is 15.2. The van der Waals surface area contributed by atoms with Crippen molar-refractivity contribution in [3.05, 3.63) is 118 Å². The van der Waals surface area contributed by atoms with Crippen LogP contribution in [-0.4, -0.2) is 13.0 Å². The zero-order valence-corrected chi connectivity index (χ0v) is 19.5. The quantitative estimate of drug-likeness (QED) is 0.274. The molecule has 1 aromatic heterocycles. The van der Waals surface area contributed by atoms with Crippen molar-refractivity contribution in [3.63, 3.8) is 0 Å². The van der Waals surface area contributed by atoms with E-state index < -0.39 is 0 Å². The van der Waals surface area contributed by atoms with Crippen molar-refractivity contribution in [2.75, 3.05) is 12.0 Å². The van der Waals surface area contributed by atoms with Crippen LogP contribution in [0.5, 0.6) is 5.75 Å². The van der Waals surface area contributed by atoms with E-state index in [-0.39, 0.29) is 5.91 Å². The monoisotopic (exact) mass is 497 g/mol. The Balaban J connectivity index is 1.52. The summed E-state index contributed by atoms with van der Waals surface area (Å²) >= 11 is 3.45. The molecule has 0 fully saturated rings. The van der Waals surface area contributed by atoms with E-state index in [9.17, 15) is 4.79 Å². The number of nitrogens with zero attached hydrogens (tertiary/aromatic N) is 1. The van der Waals surface area contributed by atoms with Crippen LogP contribution in [0.25, 0.3) is 23.1 Å². The molecule has 4 aromatic rings. The number of halogens is 1. The molecule has 5 rings (SSSR count). The minimum Gasteiger partial charge on any atom is -0.497 e.